The molecule has 2 rings (SSSR count). The Morgan fingerprint density at radius 3 is 2.24 bits per heavy atom. The van der Waals surface area contributed by atoms with Gasteiger partial charge in [0.05, 0.1) is 0 Å². The van der Waals surface area contributed by atoms with E-state index in [4.69, 9.17) is 5.73 Å². The molecule has 4 N–H and O–H groups in total. The van der Waals surface area contributed by atoms with E-state index in [1.54, 1.807) is 48.5 Å². The highest BCUT2D eigenvalue weighted by Gasteiger charge is 2.24. The van der Waals surface area contributed by atoms with Crippen LogP contribution in [-0.4, -0.2) is 31.3 Å². The fourth-order valence-electron chi connectivity index (χ4n) is 2.21. The molecule has 25 heavy (non-hydrogen) atoms. The maximum absolute atomic E-state index is 12.7. The number of benzene rings is 2. The molecular weight excluding hydrogens is 320 g/mol. The van der Waals surface area contributed by atoms with Crippen LogP contribution in [0.4, 0.5) is 17.1 Å². The second-order valence-corrected chi connectivity index (χ2v) is 5.25. The first kappa shape index (κ1) is 18.0. The molecule has 0 atom stereocenters. The first-order valence-corrected chi connectivity index (χ1v) is 7.83. The topological polar surface area (TPSA) is 105 Å². The third-order valence-corrected chi connectivity index (χ3v) is 3.43. The van der Waals surface area contributed by atoms with E-state index in [9.17, 15) is 14.4 Å². The Bertz CT molecular complexity index is 717. The molecule has 2 aromatic carbocycles. The van der Waals surface area contributed by atoms with Crippen LogP contribution in [0.3, 0.4) is 0 Å². The van der Waals surface area contributed by atoms with Crippen LogP contribution in [-0.2, 0) is 14.4 Å². The van der Waals surface area contributed by atoms with Crippen molar-refractivity contribution in [3.63, 3.8) is 0 Å². The highest BCUT2D eigenvalue weighted by atomic mass is 16.2. The lowest BCUT2D eigenvalue weighted by Gasteiger charge is -2.22. The van der Waals surface area contributed by atoms with Gasteiger partial charge in [-0.3, -0.25) is 19.3 Å². The lowest BCUT2D eigenvalue weighted by atomic mass is 10.2. The van der Waals surface area contributed by atoms with Crippen LogP contribution in [0.25, 0.3) is 0 Å². The molecule has 2 aromatic rings. The predicted octanol–water partition coefficient (Wildman–Crippen LogP) is 1.19. The minimum absolute atomic E-state index is 0.287. The Balaban J connectivity index is 2.14. The quantitative estimate of drug-likeness (QED) is 0.305. The van der Waals surface area contributed by atoms with Crippen LogP contribution in [0.2, 0.25) is 0 Å². The number of nitrogen functional groups attached to an aromatic ring is 1. The number of carbonyl (C=O) groups excluding carboxylic acids is 3. The molecule has 0 bridgehead atoms. The van der Waals surface area contributed by atoms with Crippen molar-refractivity contribution in [3.05, 3.63) is 54.6 Å². The molecule has 0 aliphatic rings. The number of amides is 3. The molecule has 0 saturated carbocycles. The summed E-state index contributed by atoms with van der Waals surface area (Å²) in [5.41, 5.74) is 7.38. The third-order valence-electron chi connectivity index (χ3n) is 3.43. The predicted molar refractivity (Wildman–Crippen MR) is 96.1 cm³/mol. The van der Waals surface area contributed by atoms with Gasteiger partial charge in [-0.15, -0.1) is 0 Å². The van der Waals surface area contributed by atoms with Gasteiger partial charge < -0.3 is 16.4 Å². The van der Waals surface area contributed by atoms with Crippen molar-refractivity contribution in [1.82, 2.24) is 10.6 Å². The standard InChI is InChI=1S/C18H20N4O3/c19-14-7-9-16(10-8-14)22(15-5-2-1-3-6-15)18(25)17(24)21-12-4-11-20-13-23/h1-3,5-10,13H,4,11-12,19H2,(H,20,23)(H,21,24). The molecule has 7 nitrogen and oxygen atoms in total. The molecule has 0 fully saturated rings. The maximum Gasteiger partial charge on any atom is 0.320 e. The van der Waals surface area contributed by atoms with Gasteiger partial charge in [0.15, 0.2) is 0 Å². The molecule has 0 radical (unpaired) electrons. The summed E-state index contributed by atoms with van der Waals surface area (Å²) in [5.74, 6) is -1.41. The molecule has 0 heterocycles. The van der Waals surface area contributed by atoms with E-state index in [1.807, 2.05) is 6.07 Å². The summed E-state index contributed by atoms with van der Waals surface area (Å²) in [4.78, 5) is 36.4. The fourth-order valence-corrected chi connectivity index (χ4v) is 2.21. The summed E-state index contributed by atoms with van der Waals surface area (Å²) in [6.45, 7) is 0.716. The molecule has 0 aromatic heterocycles. The molecule has 130 valence electrons. The molecule has 0 saturated heterocycles. The third kappa shape index (κ3) is 5.07. The summed E-state index contributed by atoms with van der Waals surface area (Å²) in [5, 5.41) is 5.05. The van der Waals surface area contributed by atoms with E-state index in [2.05, 4.69) is 10.6 Å². The number of carbonyl (C=O) groups is 3. The van der Waals surface area contributed by atoms with Crippen molar-refractivity contribution in [2.75, 3.05) is 23.7 Å². The highest BCUT2D eigenvalue weighted by Crippen LogP contribution is 2.26. The molecule has 0 spiro atoms. The minimum atomic E-state index is -0.716. The van der Waals surface area contributed by atoms with Crippen molar-refractivity contribution >= 4 is 35.3 Å². The van der Waals surface area contributed by atoms with Gasteiger partial charge in [0.25, 0.3) is 0 Å². The number of para-hydroxylation sites is 1. The van der Waals surface area contributed by atoms with Gasteiger partial charge >= 0.3 is 11.8 Å². The average Bonchev–Trinajstić information content (AvgIpc) is 2.64. The second kappa shape index (κ2) is 9.07. The number of nitrogens with one attached hydrogen (secondary N) is 2. The fraction of sp³-hybridized carbons (Fsp3) is 0.167. The first-order valence-electron chi connectivity index (χ1n) is 7.83. The summed E-state index contributed by atoms with van der Waals surface area (Å²) in [7, 11) is 0. The number of rotatable bonds is 7. The average molecular weight is 340 g/mol. The monoisotopic (exact) mass is 340 g/mol. The summed E-state index contributed by atoms with van der Waals surface area (Å²) in [6.07, 6.45) is 1.12. The molecule has 3 amide bonds. The number of hydrogen-bond acceptors (Lipinski definition) is 4. The second-order valence-electron chi connectivity index (χ2n) is 5.25. The van der Waals surface area contributed by atoms with Gasteiger partial charge in [0.2, 0.25) is 6.41 Å². The number of nitrogens with zero attached hydrogens (tertiary/aromatic N) is 1. The SMILES string of the molecule is Nc1ccc(N(C(=O)C(=O)NCCCNC=O)c2ccccc2)cc1. The molecule has 0 unspecified atom stereocenters. The number of nitrogens with two attached hydrogens (primary N) is 1. The summed E-state index contributed by atoms with van der Waals surface area (Å²) < 4.78 is 0. The number of anilines is 3. The van der Waals surface area contributed by atoms with E-state index in [-0.39, 0.29) is 6.54 Å². The van der Waals surface area contributed by atoms with Crippen LogP contribution in [0.1, 0.15) is 6.42 Å². The zero-order chi connectivity index (χ0) is 18.1. The van der Waals surface area contributed by atoms with Crippen LogP contribution in [0.15, 0.2) is 54.6 Å². The van der Waals surface area contributed by atoms with Gasteiger partial charge in [-0.1, -0.05) is 18.2 Å². The van der Waals surface area contributed by atoms with Crippen molar-refractivity contribution in [2.24, 2.45) is 0 Å². The van der Waals surface area contributed by atoms with Crippen molar-refractivity contribution in [3.8, 4) is 0 Å². The van der Waals surface area contributed by atoms with Gasteiger partial charge in [-0.05, 0) is 42.8 Å². The van der Waals surface area contributed by atoms with E-state index in [1.165, 1.54) is 4.90 Å². The molecule has 7 heteroatoms. The Kier molecular flexibility index (Phi) is 6.53. The summed E-state index contributed by atoms with van der Waals surface area (Å²) >= 11 is 0. The Hall–Kier alpha value is -3.35. The first-order chi connectivity index (χ1) is 12.1. The summed E-state index contributed by atoms with van der Waals surface area (Å²) in [6, 6.07) is 15.6. The van der Waals surface area contributed by atoms with Crippen LogP contribution in [0.5, 0.6) is 0 Å². The normalized spacial score (nSPS) is 9.92. The number of hydrogen-bond donors (Lipinski definition) is 3. The molecule has 0 aliphatic carbocycles. The minimum Gasteiger partial charge on any atom is -0.399 e. The smallest absolute Gasteiger partial charge is 0.320 e. The van der Waals surface area contributed by atoms with Crippen molar-refractivity contribution in [1.29, 1.82) is 0 Å². The zero-order valence-corrected chi connectivity index (χ0v) is 13.6. The zero-order valence-electron chi connectivity index (χ0n) is 13.6. The van der Waals surface area contributed by atoms with E-state index < -0.39 is 11.8 Å². The van der Waals surface area contributed by atoms with Crippen molar-refractivity contribution < 1.29 is 14.4 Å². The van der Waals surface area contributed by atoms with E-state index in [0.717, 1.165) is 0 Å². The molecule has 0 aliphatic heterocycles. The van der Waals surface area contributed by atoms with Gasteiger partial charge in [-0.25, -0.2) is 0 Å². The lowest BCUT2D eigenvalue weighted by Crippen LogP contribution is -2.41. The van der Waals surface area contributed by atoms with Crippen LogP contribution >= 0.6 is 0 Å². The van der Waals surface area contributed by atoms with E-state index >= 15 is 0 Å². The largest absolute Gasteiger partial charge is 0.399 e. The Morgan fingerprint density at radius 1 is 0.960 bits per heavy atom. The van der Waals surface area contributed by atoms with Gasteiger partial charge in [0, 0.05) is 30.2 Å². The van der Waals surface area contributed by atoms with Gasteiger partial charge in [-0.2, -0.15) is 0 Å². The Morgan fingerprint density at radius 2 is 1.60 bits per heavy atom. The van der Waals surface area contributed by atoms with E-state index in [0.29, 0.717) is 36.4 Å². The van der Waals surface area contributed by atoms with Gasteiger partial charge in [0.1, 0.15) is 0 Å². The van der Waals surface area contributed by atoms with Crippen LogP contribution < -0.4 is 21.3 Å². The molecular formula is C18H20N4O3. The Labute approximate surface area is 145 Å². The maximum atomic E-state index is 12.7. The van der Waals surface area contributed by atoms with Crippen LogP contribution in [0, 0.1) is 0 Å². The highest BCUT2D eigenvalue weighted by molar-refractivity contribution is 6.42. The lowest BCUT2D eigenvalue weighted by molar-refractivity contribution is -0.137. The van der Waals surface area contributed by atoms with Crippen molar-refractivity contribution in [2.45, 2.75) is 6.42 Å².